The quantitative estimate of drug-likeness (QED) is 0.763. The molecule has 0 spiro atoms. The molecule has 0 fully saturated rings. The predicted molar refractivity (Wildman–Crippen MR) is 83.1 cm³/mol. The molecule has 3 aromatic rings. The summed E-state index contributed by atoms with van der Waals surface area (Å²) in [5.41, 5.74) is 3.00. The minimum absolute atomic E-state index is 0.201. The summed E-state index contributed by atoms with van der Waals surface area (Å²) >= 11 is 0. The van der Waals surface area contributed by atoms with Crippen LogP contribution in [-0.2, 0) is 0 Å². The lowest BCUT2D eigenvalue weighted by atomic mass is 10.1. The average Bonchev–Trinajstić information content (AvgIpc) is 2.47. The molecule has 0 saturated carbocycles. The van der Waals surface area contributed by atoms with E-state index in [9.17, 15) is 9.18 Å². The first-order chi connectivity index (χ1) is 10.5. The number of aryl methyl sites for hydroxylation is 1. The SMILES string of the molecule is Cc1cc(Nc2ccnc3ccc(F)cc23)cc(C(=O)O)c1. The van der Waals surface area contributed by atoms with Crippen LogP contribution in [0.5, 0.6) is 0 Å². The van der Waals surface area contributed by atoms with Gasteiger partial charge in [-0.15, -0.1) is 0 Å². The summed E-state index contributed by atoms with van der Waals surface area (Å²) in [6.07, 6.45) is 1.62. The van der Waals surface area contributed by atoms with Crippen LogP contribution in [0.1, 0.15) is 15.9 Å². The smallest absolute Gasteiger partial charge is 0.335 e. The average molecular weight is 296 g/mol. The minimum Gasteiger partial charge on any atom is -0.478 e. The van der Waals surface area contributed by atoms with Gasteiger partial charge in [-0.3, -0.25) is 4.98 Å². The number of halogens is 1. The van der Waals surface area contributed by atoms with Gasteiger partial charge in [-0.05, 0) is 55.0 Å². The van der Waals surface area contributed by atoms with E-state index in [0.717, 1.165) is 5.56 Å². The van der Waals surface area contributed by atoms with Crippen molar-refractivity contribution < 1.29 is 14.3 Å². The van der Waals surface area contributed by atoms with Crippen LogP contribution in [0.4, 0.5) is 15.8 Å². The molecule has 0 amide bonds. The lowest BCUT2D eigenvalue weighted by molar-refractivity contribution is 0.0697. The molecule has 1 heterocycles. The van der Waals surface area contributed by atoms with Gasteiger partial charge in [-0.2, -0.15) is 0 Å². The molecule has 3 rings (SSSR count). The van der Waals surface area contributed by atoms with Gasteiger partial charge in [-0.1, -0.05) is 0 Å². The molecule has 0 aliphatic carbocycles. The van der Waals surface area contributed by atoms with Crippen molar-refractivity contribution in [1.29, 1.82) is 0 Å². The van der Waals surface area contributed by atoms with Gasteiger partial charge in [0.1, 0.15) is 5.82 Å². The number of aromatic nitrogens is 1. The van der Waals surface area contributed by atoms with Crippen molar-refractivity contribution in [2.75, 3.05) is 5.32 Å². The Labute approximate surface area is 126 Å². The fraction of sp³-hybridized carbons (Fsp3) is 0.0588. The Bertz CT molecular complexity index is 878. The van der Waals surface area contributed by atoms with Crippen molar-refractivity contribution in [3.8, 4) is 0 Å². The van der Waals surface area contributed by atoms with E-state index in [1.807, 2.05) is 13.0 Å². The number of rotatable bonds is 3. The Kier molecular flexibility index (Phi) is 3.47. The minimum atomic E-state index is -0.989. The summed E-state index contributed by atoms with van der Waals surface area (Å²) in [5, 5.41) is 12.9. The third-order valence-corrected chi connectivity index (χ3v) is 3.31. The van der Waals surface area contributed by atoms with E-state index in [1.54, 1.807) is 30.5 Å². The molecule has 110 valence electrons. The number of anilines is 2. The van der Waals surface area contributed by atoms with Crippen molar-refractivity contribution in [3.05, 3.63) is 65.6 Å². The number of fused-ring (bicyclic) bond motifs is 1. The van der Waals surface area contributed by atoms with E-state index in [4.69, 9.17) is 5.11 Å². The predicted octanol–water partition coefficient (Wildman–Crippen LogP) is 4.12. The molecular formula is C17H13FN2O2. The molecule has 0 atom stereocenters. The van der Waals surface area contributed by atoms with E-state index < -0.39 is 5.97 Å². The molecule has 0 radical (unpaired) electrons. The van der Waals surface area contributed by atoms with E-state index in [1.165, 1.54) is 12.1 Å². The van der Waals surface area contributed by atoms with Gasteiger partial charge in [0.05, 0.1) is 11.1 Å². The van der Waals surface area contributed by atoms with E-state index in [-0.39, 0.29) is 11.4 Å². The molecule has 0 aliphatic rings. The molecule has 0 saturated heterocycles. The van der Waals surface area contributed by atoms with Crippen molar-refractivity contribution in [3.63, 3.8) is 0 Å². The third kappa shape index (κ3) is 2.74. The van der Waals surface area contributed by atoms with Crippen LogP contribution in [0.25, 0.3) is 10.9 Å². The first-order valence-electron chi connectivity index (χ1n) is 6.69. The summed E-state index contributed by atoms with van der Waals surface area (Å²) in [6.45, 7) is 1.82. The van der Waals surface area contributed by atoms with Crippen LogP contribution in [0.15, 0.2) is 48.7 Å². The molecule has 2 N–H and O–H groups in total. The van der Waals surface area contributed by atoms with Gasteiger partial charge in [0.25, 0.3) is 0 Å². The van der Waals surface area contributed by atoms with E-state index in [2.05, 4.69) is 10.3 Å². The maximum atomic E-state index is 13.5. The fourth-order valence-corrected chi connectivity index (χ4v) is 2.36. The van der Waals surface area contributed by atoms with Gasteiger partial charge in [0.15, 0.2) is 0 Å². The number of hydrogen-bond donors (Lipinski definition) is 2. The number of pyridine rings is 1. The first kappa shape index (κ1) is 14.0. The van der Waals surface area contributed by atoms with Crippen LogP contribution in [0, 0.1) is 12.7 Å². The molecule has 1 aromatic heterocycles. The number of benzene rings is 2. The summed E-state index contributed by atoms with van der Waals surface area (Å²) in [6, 6.07) is 11.1. The van der Waals surface area contributed by atoms with Crippen molar-refractivity contribution in [1.82, 2.24) is 4.98 Å². The Balaban J connectivity index is 2.07. The molecule has 22 heavy (non-hydrogen) atoms. The fourth-order valence-electron chi connectivity index (χ4n) is 2.36. The Hall–Kier alpha value is -2.95. The lowest BCUT2D eigenvalue weighted by Gasteiger charge is -2.11. The summed E-state index contributed by atoms with van der Waals surface area (Å²) in [5.74, 6) is -1.34. The third-order valence-electron chi connectivity index (χ3n) is 3.31. The van der Waals surface area contributed by atoms with Crippen LogP contribution in [-0.4, -0.2) is 16.1 Å². The maximum absolute atomic E-state index is 13.5. The normalized spacial score (nSPS) is 10.6. The molecule has 4 nitrogen and oxygen atoms in total. The van der Waals surface area contributed by atoms with Crippen molar-refractivity contribution in [2.45, 2.75) is 6.92 Å². The zero-order chi connectivity index (χ0) is 15.7. The number of carboxylic acid groups (broad SMARTS) is 1. The maximum Gasteiger partial charge on any atom is 0.335 e. The van der Waals surface area contributed by atoms with Gasteiger partial charge in [0, 0.05) is 23.0 Å². The van der Waals surface area contributed by atoms with Gasteiger partial charge >= 0.3 is 5.97 Å². The Morgan fingerprint density at radius 2 is 2.00 bits per heavy atom. The van der Waals surface area contributed by atoms with Gasteiger partial charge in [-0.25, -0.2) is 9.18 Å². The monoisotopic (exact) mass is 296 g/mol. The van der Waals surface area contributed by atoms with E-state index >= 15 is 0 Å². The molecule has 0 bridgehead atoms. The lowest BCUT2D eigenvalue weighted by Crippen LogP contribution is -2.00. The Morgan fingerprint density at radius 1 is 1.18 bits per heavy atom. The molecular weight excluding hydrogens is 283 g/mol. The van der Waals surface area contributed by atoms with E-state index in [0.29, 0.717) is 22.3 Å². The first-order valence-corrected chi connectivity index (χ1v) is 6.69. The number of carbonyl (C=O) groups is 1. The summed E-state index contributed by atoms with van der Waals surface area (Å²) in [7, 11) is 0. The zero-order valence-corrected chi connectivity index (χ0v) is 11.8. The second-order valence-electron chi connectivity index (χ2n) is 5.04. The summed E-state index contributed by atoms with van der Waals surface area (Å²) < 4.78 is 13.5. The second-order valence-corrected chi connectivity index (χ2v) is 5.04. The highest BCUT2D eigenvalue weighted by molar-refractivity contribution is 5.94. The highest BCUT2D eigenvalue weighted by Gasteiger charge is 2.08. The van der Waals surface area contributed by atoms with Crippen LogP contribution in [0.2, 0.25) is 0 Å². The largest absolute Gasteiger partial charge is 0.478 e. The zero-order valence-electron chi connectivity index (χ0n) is 11.8. The number of carboxylic acids is 1. The molecule has 0 unspecified atom stereocenters. The molecule has 2 aromatic carbocycles. The number of nitrogens with one attached hydrogen (secondary N) is 1. The number of nitrogens with zero attached hydrogens (tertiary/aromatic N) is 1. The molecule has 0 aliphatic heterocycles. The van der Waals surface area contributed by atoms with Crippen molar-refractivity contribution in [2.24, 2.45) is 0 Å². The standard InChI is InChI=1S/C17H13FN2O2/c1-10-6-11(17(21)22)8-13(7-10)20-16-4-5-19-15-3-2-12(18)9-14(15)16/h2-9H,1H3,(H,19,20)(H,21,22). The highest BCUT2D eigenvalue weighted by Crippen LogP contribution is 2.26. The topological polar surface area (TPSA) is 62.2 Å². The molecule has 5 heteroatoms. The number of aromatic carboxylic acids is 1. The van der Waals surface area contributed by atoms with Crippen LogP contribution >= 0.6 is 0 Å². The highest BCUT2D eigenvalue weighted by atomic mass is 19.1. The summed E-state index contributed by atoms with van der Waals surface area (Å²) in [4.78, 5) is 15.3. The second kappa shape index (κ2) is 5.44. The van der Waals surface area contributed by atoms with Crippen molar-refractivity contribution >= 4 is 28.2 Å². The van der Waals surface area contributed by atoms with Gasteiger partial charge in [0.2, 0.25) is 0 Å². The van der Waals surface area contributed by atoms with Crippen LogP contribution < -0.4 is 5.32 Å². The number of hydrogen-bond acceptors (Lipinski definition) is 3. The van der Waals surface area contributed by atoms with Gasteiger partial charge < -0.3 is 10.4 Å². The van der Waals surface area contributed by atoms with Crippen LogP contribution in [0.3, 0.4) is 0 Å². The Morgan fingerprint density at radius 3 is 2.77 bits per heavy atom.